The summed E-state index contributed by atoms with van der Waals surface area (Å²) < 4.78 is 5.70. The Hall–Kier alpha value is -0.640. The Morgan fingerprint density at radius 2 is 2.31 bits per heavy atom. The Labute approximate surface area is 91.2 Å². The Kier molecular flexibility index (Phi) is 8.98. The third kappa shape index (κ3) is 11.4. The highest BCUT2D eigenvalue weighted by molar-refractivity contribution is 14.1. The van der Waals surface area contributed by atoms with Crippen LogP contribution in [0.1, 0.15) is 12.8 Å². The number of unbranched alkanes of at least 4 members (excludes halogenated alkanes) is 1. The average molecular weight is 297 g/mol. The predicted molar refractivity (Wildman–Crippen MR) is 57.9 cm³/mol. The molecule has 0 bridgehead atoms. The highest BCUT2D eigenvalue weighted by atomic mass is 127. The summed E-state index contributed by atoms with van der Waals surface area (Å²) in [5.41, 5.74) is 0. The van der Waals surface area contributed by atoms with Crippen molar-refractivity contribution >= 4 is 28.7 Å². The fourth-order valence-electron chi connectivity index (χ4n) is 0.624. The molecular weight excluding hydrogens is 285 g/mol. The second-order valence-electron chi connectivity index (χ2n) is 2.20. The lowest BCUT2D eigenvalue weighted by Gasteiger charge is -1.99. The molecule has 0 aromatic carbocycles. The number of halogens is 1. The predicted octanol–water partition coefficient (Wildman–Crippen LogP) is 1.45. The summed E-state index contributed by atoms with van der Waals surface area (Å²) in [6, 6.07) is 0. The number of carboxylic acid groups (broad SMARTS) is 1. The van der Waals surface area contributed by atoms with Gasteiger partial charge in [0.05, 0.1) is 4.43 Å². The average Bonchev–Trinajstić information content (AvgIpc) is 2.09. The normalized spacial score (nSPS) is 8.38. The molecule has 0 saturated carbocycles. The van der Waals surface area contributed by atoms with E-state index in [-0.39, 0.29) is 0 Å². The first-order chi connectivity index (χ1) is 6.27. The standard InChI is InChI=1S/C8H12INO3/c9-4-3-7-13-6-2-1-5-10-8(11)12/h10H,1-2,4-6H2,(H,11,12). The van der Waals surface area contributed by atoms with Crippen molar-refractivity contribution in [2.75, 3.05) is 17.6 Å². The summed E-state index contributed by atoms with van der Waals surface area (Å²) >= 11 is 2.14. The molecule has 4 nitrogen and oxygen atoms in total. The number of rotatable bonds is 5. The van der Waals surface area contributed by atoms with Crippen LogP contribution in [0.25, 0.3) is 0 Å². The number of ether oxygens (including phenoxy) is 1. The van der Waals surface area contributed by atoms with Crippen molar-refractivity contribution in [2.45, 2.75) is 12.8 Å². The summed E-state index contributed by atoms with van der Waals surface area (Å²) in [6.07, 6.45) is 3.15. The molecule has 0 atom stereocenters. The molecule has 1 amide bonds. The van der Waals surface area contributed by atoms with Crippen LogP contribution in [0.3, 0.4) is 0 Å². The van der Waals surface area contributed by atoms with Gasteiger partial charge in [0.1, 0.15) is 12.7 Å². The smallest absolute Gasteiger partial charge is 0.404 e. The third-order valence-corrected chi connectivity index (χ3v) is 1.54. The molecular formula is C8H12INO3. The lowest BCUT2D eigenvalue weighted by atomic mass is 10.3. The zero-order valence-electron chi connectivity index (χ0n) is 7.18. The van der Waals surface area contributed by atoms with Gasteiger partial charge in [-0.15, -0.1) is 0 Å². The summed E-state index contributed by atoms with van der Waals surface area (Å²) in [5.74, 6) is 2.76. The van der Waals surface area contributed by atoms with E-state index in [1.165, 1.54) is 0 Å². The van der Waals surface area contributed by atoms with Crippen molar-refractivity contribution in [3.05, 3.63) is 0 Å². The zero-order chi connectivity index (χ0) is 9.94. The number of alkyl halides is 1. The van der Waals surface area contributed by atoms with Gasteiger partial charge >= 0.3 is 6.09 Å². The first-order valence-electron chi connectivity index (χ1n) is 3.89. The maximum absolute atomic E-state index is 10.0. The monoisotopic (exact) mass is 297 g/mol. The summed E-state index contributed by atoms with van der Waals surface area (Å²) in [7, 11) is 0. The van der Waals surface area contributed by atoms with Crippen LogP contribution in [-0.2, 0) is 4.74 Å². The Bertz CT molecular complexity index is 197. The Balaban J connectivity index is 3.04. The molecule has 0 heterocycles. The fourth-order valence-corrected chi connectivity index (χ4v) is 0.780. The van der Waals surface area contributed by atoms with E-state index in [0.29, 0.717) is 13.2 Å². The number of carbonyl (C=O) groups is 1. The molecule has 0 aromatic rings. The van der Waals surface area contributed by atoms with E-state index in [9.17, 15) is 4.79 Å². The lowest BCUT2D eigenvalue weighted by Crippen LogP contribution is -2.21. The van der Waals surface area contributed by atoms with Crippen LogP contribution in [0.4, 0.5) is 4.79 Å². The summed E-state index contributed by atoms with van der Waals surface area (Å²) in [6.45, 7) is 1.03. The van der Waals surface area contributed by atoms with Crippen LogP contribution in [0.5, 0.6) is 0 Å². The van der Waals surface area contributed by atoms with Gasteiger partial charge in [0.25, 0.3) is 0 Å². The third-order valence-electron chi connectivity index (χ3n) is 1.16. The van der Waals surface area contributed by atoms with Crippen molar-refractivity contribution in [1.82, 2.24) is 5.32 Å². The van der Waals surface area contributed by atoms with Gasteiger partial charge < -0.3 is 15.2 Å². The van der Waals surface area contributed by atoms with Crippen molar-refractivity contribution in [3.63, 3.8) is 0 Å². The largest absolute Gasteiger partial charge is 0.465 e. The molecule has 0 spiro atoms. The van der Waals surface area contributed by atoms with E-state index in [4.69, 9.17) is 9.84 Å². The van der Waals surface area contributed by atoms with Crippen LogP contribution in [-0.4, -0.2) is 28.8 Å². The van der Waals surface area contributed by atoms with E-state index < -0.39 is 6.09 Å². The molecule has 13 heavy (non-hydrogen) atoms. The Morgan fingerprint density at radius 1 is 1.54 bits per heavy atom. The molecule has 0 fully saturated rings. The molecule has 0 aromatic heterocycles. The second-order valence-corrected chi connectivity index (χ2v) is 2.96. The molecule has 0 aliphatic carbocycles. The fraction of sp³-hybridized carbons (Fsp3) is 0.625. The van der Waals surface area contributed by atoms with Gasteiger partial charge in [-0.3, -0.25) is 0 Å². The molecule has 74 valence electrons. The lowest BCUT2D eigenvalue weighted by molar-refractivity contribution is 0.193. The van der Waals surface area contributed by atoms with Gasteiger partial charge in [0, 0.05) is 6.54 Å². The SMILES string of the molecule is O=C(O)NCCCCOC#CCI. The van der Waals surface area contributed by atoms with E-state index in [2.05, 4.69) is 39.9 Å². The minimum absolute atomic E-state index is 0.471. The maximum atomic E-state index is 10.0. The molecule has 0 rings (SSSR count). The van der Waals surface area contributed by atoms with E-state index >= 15 is 0 Å². The highest BCUT2D eigenvalue weighted by Gasteiger charge is 1.92. The minimum Gasteiger partial charge on any atom is -0.465 e. The summed E-state index contributed by atoms with van der Waals surface area (Å²) in [4.78, 5) is 10.0. The van der Waals surface area contributed by atoms with Crippen molar-refractivity contribution in [2.24, 2.45) is 0 Å². The van der Waals surface area contributed by atoms with Crippen molar-refractivity contribution in [3.8, 4) is 12.0 Å². The van der Waals surface area contributed by atoms with Crippen LogP contribution in [0.15, 0.2) is 0 Å². The van der Waals surface area contributed by atoms with Crippen LogP contribution < -0.4 is 5.32 Å². The van der Waals surface area contributed by atoms with Gasteiger partial charge in [-0.25, -0.2) is 4.79 Å². The number of hydrogen-bond acceptors (Lipinski definition) is 2. The highest BCUT2D eigenvalue weighted by Crippen LogP contribution is 1.87. The van der Waals surface area contributed by atoms with Crippen molar-refractivity contribution in [1.29, 1.82) is 0 Å². The van der Waals surface area contributed by atoms with Gasteiger partial charge in [-0.05, 0) is 18.8 Å². The van der Waals surface area contributed by atoms with Crippen LogP contribution in [0, 0.1) is 12.0 Å². The van der Waals surface area contributed by atoms with Gasteiger partial charge in [-0.1, -0.05) is 22.6 Å². The van der Waals surface area contributed by atoms with Gasteiger partial charge in [0.2, 0.25) is 0 Å². The second kappa shape index (κ2) is 9.45. The molecule has 5 heteroatoms. The molecule has 2 N–H and O–H groups in total. The summed E-state index contributed by atoms with van der Waals surface area (Å²) in [5, 5.41) is 10.5. The van der Waals surface area contributed by atoms with E-state index in [0.717, 1.165) is 17.3 Å². The zero-order valence-corrected chi connectivity index (χ0v) is 9.33. The first-order valence-corrected chi connectivity index (χ1v) is 5.42. The van der Waals surface area contributed by atoms with Crippen molar-refractivity contribution < 1.29 is 14.6 Å². The minimum atomic E-state index is -0.981. The molecule has 0 saturated heterocycles. The number of hydrogen-bond donors (Lipinski definition) is 2. The Morgan fingerprint density at radius 3 is 2.92 bits per heavy atom. The van der Waals surface area contributed by atoms with Crippen LogP contribution >= 0.6 is 22.6 Å². The van der Waals surface area contributed by atoms with Crippen LogP contribution in [0.2, 0.25) is 0 Å². The van der Waals surface area contributed by atoms with E-state index in [1.807, 2.05) is 0 Å². The molecule has 0 radical (unpaired) electrons. The first kappa shape index (κ1) is 12.4. The quantitative estimate of drug-likeness (QED) is 0.349. The topological polar surface area (TPSA) is 58.6 Å². The molecule has 0 aliphatic rings. The molecule has 0 unspecified atom stereocenters. The van der Waals surface area contributed by atoms with Gasteiger partial charge in [0.15, 0.2) is 0 Å². The molecule has 0 aliphatic heterocycles. The van der Waals surface area contributed by atoms with Gasteiger partial charge in [-0.2, -0.15) is 0 Å². The number of nitrogens with one attached hydrogen (secondary N) is 1. The number of amides is 1. The maximum Gasteiger partial charge on any atom is 0.404 e. The van der Waals surface area contributed by atoms with E-state index in [1.54, 1.807) is 0 Å².